The van der Waals surface area contributed by atoms with E-state index in [1.165, 1.54) is 18.2 Å². The molecule has 20 heavy (non-hydrogen) atoms. The molecular formula is C12H12ClF3N2O2. The summed E-state index contributed by atoms with van der Waals surface area (Å²) in [6.07, 6.45) is -4.14. The Kier molecular flexibility index (Phi) is 4.08. The summed E-state index contributed by atoms with van der Waals surface area (Å²) in [7, 11) is 0. The molecule has 4 nitrogen and oxygen atoms in total. The second kappa shape index (κ2) is 5.47. The Bertz CT molecular complexity index is 514. The summed E-state index contributed by atoms with van der Waals surface area (Å²) in [5.74, 6) is -1.28. The Morgan fingerprint density at radius 2 is 1.90 bits per heavy atom. The molecule has 110 valence electrons. The third kappa shape index (κ3) is 3.15. The van der Waals surface area contributed by atoms with Gasteiger partial charge in [0.2, 0.25) is 0 Å². The van der Waals surface area contributed by atoms with Crippen LogP contribution < -0.4 is 4.90 Å². The molecule has 1 aromatic rings. The van der Waals surface area contributed by atoms with Crippen molar-refractivity contribution in [2.75, 3.05) is 18.0 Å². The van der Waals surface area contributed by atoms with Crippen molar-refractivity contribution in [2.24, 2.45) is 5.92 Å². The van der Waals surface area contributed by atoms with Crippen LogP contribution >= 0.6 is 11.6 Å². The fourth-order valence-corrected chi connectivity index (χ4v) is 2.61. The van der Waals surface area contributed by atoms with Crippen LogP contribution in [0.5, 0.6) is 0 Å². The van der Waals surface area contributed by atoms with Crippen LogP contribution in [0.15, 0.2) is 18.2 Å². The van der Waals surface area contributed by atoms with E-state index in [0.29, 0.717) is 5.69 Å². The number of nitro groups is 1. The number of alkyl halides is 3. The highest BCUT2D eigenvalue weighted by molar-refractivity contribution is 6.33. The molecule has 0 atom stereocenters. The predicted octanol–water partition coefficient (Wildman–Crippen LogP) is 4.03. The molecule has 0 N–H and O–H groups in total. The van der Waals surface area contributed by atoms with Gasteiger partial charge in [0.25, 0.3) is 5.69 Å². The highest BCUT2D eigenvalue weighted by Crippen LogP contribution is 2.37. The Labute approximate surface area is 118 Å². The minimum Gasteiger partial charge on any atom is -0.370 e. The fourth-order valence-electron chi connectivity index (χ4n) is 2.31. The Hall–Kier alpha value is -1.50. The molecule has 0 spiro atoms. The first kappa shape index (κ1) is 14.9. The molecule has 0 radical (unpaired) electrons. The van der Waals surface area contributed by atoms with E-state index < -0.39 is 17.0 Å². The number of rotatable bonds is 2. The molecule has 1 heterocycles. The van der Waals surface area contributed by atoms with Crippen LogP contribution in [-0.2, 0) is 0 Å². The molecule has 1 aliphatic rings. The minimum absolute atomic E-state index is 0.0107. The van der Waals surface area contributed by atoms with Crippen molar-refractivity contribution in [1.82, 2.24) is 0 Å². The van der Waals surface area contributed by atoms with Gasteiger partial charge in [-0.2, -0.15) is 13.2 Å². The van der Waals surface area contributed by atoms with Crippen LogP contribution in [0, 0.1) is 16.0 Å². The van der Waals surface area contributed by atoms with Crippen molar-refractivity contribution in [1.29, 1.82) is 0 Å². The van der Waals surface area contributed by atoms with E-state index in [4.69, 9.17) is 11.6 Å². The summed E-state index contributed by atoms with van der Waals surface area (Å²) in [5.41, 5.74) is 0.404. The number of hydrogen-bond acceptors (Lipinski definition) is 3. The molecule has 2 rings (SSSR count). The number of piperidine rings is 1. The van der Waals surface area contributed by atoms with Crippen LogP contribution in [-0.4, -0.2) is 24.2 Å². The standard InChI is InChI=1S/C12H12ClF3N2O2/c13-10-7-9(18(19)20)1-2-11(10)17-5-3-8(4-6-17)12(14,15)16/h1-2,7-8H,3-6H2. The summed E-state index contributed by atoms with van der Waals surface area (Å²) in [5, 5.41) is 10.8. The first-order chi connectivity index (χ1) is 9.29. The normalized spacial score (nSPS) is 17.3. The van der Waals surface area contributed by atoms with Gasteiger partial charge in [-0.05, 0) is 18.9 Å². The molecule has 0 saturated carbocycles. The van der Waals surface area contributed by atoms with E-state index in [1.54, 1.807) is 4.90 Å². The molecule has 1 aliphatic heterocycles. The van der Waals surface area contributed by atoms with Gasteiger partial charge in [0, 0.05) is 25.2 Å². The summed E-state index contributed by atoms with van der Waals surface area (Å²) in [6.45, 7) is 0.476. The molecule has 0 aliphatic carbocycles. The lowest BCUT2D eigenvalue weighted by Crippen LogP contribution is -2.39. The maximum absolute atomic E-state index is 12.6. The average molecular weight is 309 g/mol. The van der Waals surface area contributed by atoms with Gasteiger partial charge in [0.05, 0.1) is 21.6 Å². The van der Waals surface area contributed by atoms with Gasteiger partial charge in [0.15, 0.2) is 0 Å². The molecule has 8 heteroatoms. The summed E-state index contributed by atoms with van der Waals surface area (Å²) < 4.78 is 37.7. The van der Waals surface area contributed by atoms with Gasteiger partial charge in [-0.3, -0.25) is 10.1 Å². The maximum atomic E-state index is 12.6. The number of benzene rings is 1. The lowest BCUT2D eigenvalue weighted by atomic mass is 9.96. The van der Waals surface area contributed by atoms with E-state index in [2.05, 4.69) is 0 Å². The van der Waals surface area contributed by atoms with Crippen LogP contribution in [0.25, 0.3) is 0 Å². The summed E-state index contributed by atoms with van der Waals surface area (Å²) in [4.78, 5) is 11.8. The van der Waals surface area contributed by atoms with E-state index in [9.17, 15) is 23.3 Å². The van der Waals surface area contributed by atoms with Gasteiger partial charge < -0.3 is 4.90 Å². The molecule has 1 aromatic carbocycles. The molecule has 0 aromatic heterocycles. The summed E-state index contributed by atoms with van der Waals surface area (Å²) in [6, 6.07) is 4.00. The van der Waals surface area contributed by atoms with Crippen molar-refractivity contribution in [3.63, 3.8) is 0 Å². The average Bonchev–Trinajstić information content (AvgIpc) is 2.37. The lowest BCUT2D eigenvalue weighted by molar-refractivity contribution is -0.384. The first-order valence-corrected chi connectivity index (χ1v) is 6.42. The van der Waals surface area contributed by atoms with Crippen LogP contribution in [0.3, 0.4) is 0 Å². The second-order valence-electron chi connectivity index (χ2n) is 4.70. The Balaban J connectivity index is 2.09. The molecular weight excluding hydrogens is 297 g/mol. The number of nitro benzene ring substituents is 1. The maximum Gasteiger partial charge on any atom is 0.391 e. The number of anilines is 1. The van der Waals surface area contributed by atoms with E-state index in [1.807, 2.05) is 0 Å². The Morgan fingerprint density at radius 3 is 2.35 bits per heavy atom. The van der Waals surface area contributed by atoms with Gasteiger partial charge >= 0.3 is 6.18 Å². The molecule has 1 fully saturated rings. The van der Waals surface area contributed by atoms with Gasteiger partial charge in [-0.15, -0.1) is 0 Å². The quantitative estimate of drug-likeness (QED) is 0.612. The van der Waals surface area contributed by atoms with Crippen LogP contribution in [0.4, 0.5) is 24.5 Å². The van der Waals surface area contributed by atoms with Gasteiger partial charge in [-0.1, -0.05) is 11.6 Å². The second-order valence-corrected chi connectivity index (χ2v) is 5.10. The van der Waals surface area contributed by atoms with Gasteiger partial charge in [0.1, 0.15) is 0 Å². The predicted molar refractivity (Wildman–Crippen MR) is 69.1 cm³/mol. The number of non-ortho nitro benzene ring substituents is 1. The summed E-state index contributed by atoms with van der Waals surface area (Å²) >= 11 is 5.96. The topological polar surface area (TPSA) is 46.4 Å². The zero-order chi connectivity index (χ0) is 14.9. The molecule has 0 amide bonds. The number of halogens is 4. The monoisotopic (exact) mass is 308 g/mol. The van der Waals surface area contributed by atoms with E-state index in [-0.39, 0.29) is 36.6 Å². The van der Waals surface area contributed by atoms with Crippen molar-refractivity contribution in [3.8, 4) is 0 Å². The van der Waals surface area contributed by atoms with Crippen LogP contribution in [0.2, 0.25) is 5.02 Å². The number of nitrogens with zero attached hydrogens (tertiary/aromatic N) is 2. The third-order valence-electron chi connectivity index (χ3n) is 3.44. The highest BCUT2D eigenvalue weighted by atomic mass is 35.5. The zero-order valence-electron chi connectivity index (χ0n) is 10.4. The first-order valence-electron chi connectivity index (χ1n) is 6.04. The van der Waals surface area contributed by atoms with Crippen molar-refractivity contribution in [3.05, 3.63) is 33.3 Å². The fraction of sp³-hybridized carbons (Fsp3) is 0.500. The highest BCUT2D eigenvalue weighted by Gasteiger charge is 2.41. The smallest absolute Gasteiger partial charge is 0.370 e. The van der Waals surface area contributed by atoms with E-state index >= 15 is 0 Å². The SMILES string of the molecule is O=[N+]([O-])c1ccc(N2CCC(C(F)(F)F)CC2)c(Cl)c1. The molecule has 0 bridgehead atoms. The minimum atomic E-state index is -4.16. The van der Waals surface area contributed by atoms with Crippen LogP contribution in [0.1, 0.15) is 12.8 Å². The van der Waals surface area contributed by atoms with Crippen molar-refractivity contribution >= 4 is 23.0 Å². The van der Waals surface area contributed by atoms with Crippen molar-refractivity contribution in [2.45, 2.75) is 19.0 Å². The Morgan fingerprint density at radius 1 is 1.30 bits per heavy atom. The van der Waals surface area contributed by atoms with Gasteiger partial charge in [-0.25, -0.2) is 0 Å². The molecule has 1 saturated heterocycles. The number of hydrogen-bond donors (Lipinski definition) is 0. The molecule has 0 unspecified atom stereocenters. The third-order valence-corrected chi connectivity index (χ3v) is 3.74. The van der Waals surface area contributed by atoms with Crippen molar-refractivity contribution < 1.29 is 18.1 Å². The lowest BCUT2D eigenvalue weighted by Gasteiger charge is -2.34. The van der Waals surface area contributed by atoms with E-state index in [0.717, 1.165) is 0 Å². The largest absolute Gasteiger partial charge is 0.391 e. The zero-order valence-corrected chi connectivity index (χ0v) is 11.1.